The van der Waals surface area contributed by atoms with Gasteiger partial charge in [-0.1, -0.05) is 13.3 Å². The second-order valence-corrected chi connectivity index (χ2v) is 5.40. The number of nitrogens with one attached hydrogen (secondary N) is 1. The summed E-state index contributed by atoms with van der Waals surface area (Å²) in [7, 11) is 0. The van der Waals surface area contributed by atoms with E-state index in [2.05, 4.69) is 11.9 Å². The Kier molecular flexibility index (Phi) is 4.08. The Labute approximate surface area is 113 Å². The molecule has 104 valence electrons. The number of H-pyrrole nitrogens is 1. The van der Waals surface area contributed by atoms with Gasteiger partial charge in [-0.15, -0.1) is 0 Å². The molecule has 4 heteroatoms. The number of nitrogens with zero attached hydrogens (tertiary/aromatic N) is 1. The monoisotopic (exact) mass is 262 g/mol. The van der Waals surface area contributed by atoms with Crippen LogP contribution in [0.4, 0.5) is 0 Å². The van der Waals surface area contributed by atoms with Crippen molar-refractivity contribution < 1.29 is 4.79 Å². The number of aromatic amines is 1. The van der Waals surface area contributed by atoms with Crippen LogP contribution in [0.2, 0.25) is 0 Å². The number of carbonyl (C=O) groups excluding carboxylic acids is 1. The van der Waals surface area contributed by atoms with E-state index in [0.29, 0.717) is 5.56 Å². The average Bonchev–Trinajstić information content (AvgIpc) is 2.78. The molecule has 0 aliphatic carbocycles. The van der Waals surface area contributed by atoms with Gasteiger partial charge in [-0.2, -0.15) is 0 Å². The fraction of sp³-hybridized carbons (Fsp3) is 0.600. The summed E-state index contributed by atoms with van der Waals surface area (Å²) in [6, 6.07) is 2.02. The molecule has 19 heavy (non-hydrogen) atoms. The number of amides is 1. The SMILES string of the molecule is CCCc1cc(C(=O)N2CCC[C@@H]2C)c(=O)[nH]c1C. The van der Waals surface area contributed by atoms with Crippen LogP contribution in [0.25, 0.3) is 0 Å². The Morgan fingerprint density at radius 1 is 1.53 bits per heavy atom. The number of likely N-dealkylation sites (tertiary alicyclic amines) is 1. The first-order valence-corrected chi connectivity index (χ1v) is 7.08. The average molecular weight is 262 g/mol. The maximum absolute atomic E-state index is 12.5. The minimum absolute atomic E-state index is 0.122. The number of hydrogen-bond donors (Lipinski definition) is 1. The van der Waals surface area contributed by atoms with Gasteiger partial charge < -0.3 is 9.88 Å². The van der Waals surface area contributed by atoms with Crippen molar-refractivity contribution in [2.24, 2.45) is 0 Å². The second kappa shape index (κ2) is 5.59. The molecule has 1 aromatic heterocycles. The summed E-state index contributed by atoms with van der Waals surface area (Å²) in [5, 5.41) is 0. The zero-order valence-corrected chi connectivity index (χ0v) is 12.0. The quantitative estimate of drug-likeness (QED) is 0.908. The first-order chi connectivity index (χ1) is 9.04. The molecule has 4 nitrogen and oxygen atoms in total. The first-order valence-electron chi connectivity index (χ1n) is 7.08. The van der Waals surface area contributed by atoms with Gasteiger partial charge in [0.25, 0.3) is 11.5 Å². The topological polar surface area (TPSA) is 53.2 Å². The number of carbonyl (C=O) groups is 1. The van der Waals surface area contributed by atoms with E-state index in [1.54, 1.807) is 6.07 Å². The Bertz CT molecular complexity index is 533. The smallest absolute Gasteiger partial charge is 0.261 e. The van der Waals surface area contributed by atoms with Crippen LogP contribution in [0.5, 0.6) is 0 Å². The van der Waals surface area contributed by atoms with Gasteiger partial charge in [0.1, 0.15) is 5.56 Å². The number of aryl methyl sites for hydroxylation is 2. The minimum Gasteiger partial charge on any atom is -0.336 e. The highest BCUT2D eigenvalue weighted by Gasteiger charge is 2.27. The molecule has 1 saturated heterocycles. The van der Waals surface area contributed by atoms with E-state index in [0.717, 1.165) is 43.5 Å². The van der Waals surface area contributed by atoms with Crippen molar-refractivity contribution in [1.29, 1.82) is 0 Å². The minimum atomic E-state index is -0.263. The Morgan fingerprint density at radius 2 is 2.26 bits per heavy atom. The van der Waals surface area contributed by atoms with Crippen molar-refractivity contribution in [3.8, 4) is 0 Å². The molecule has 0 saturated carbocycles. The van der Waals surface area contributed by atoms with Gasteiger partial charge in [-0.25, -0.2) is 0 Å². The predicted octanol–water partition coefficient (Wildman–Crippen LogP) is 2.26. The van der Waals surface area contributed by atoms with Crippen molar-refractivity contribution in [2.45, 2.75) is 52.5 Å². The Morgan fingerprint density at radius 3 is 2.84 bits per heavy atom. The van der Waals surface area contributed by atoms with Crippen molar-refractivity contribution in [1.82, 2.24) is 9.88 Å². The molecule has 1 amide bonds. The molecule has 1 aromatic rings. The van der Waals surface area contributed by atoms with Crippen LogP contribution in [0, 0.1) is 6.92 Å². The van der Waals surface area contributed by atoms with Crippen LogP contribution < -0.4 is 5.56 Å². The molecule has 0 radical (unpaired) electrons. The number of aromatic nitrogens is 1. The highest BCUT2D eigenvalue weighted by molar-refractivity contribution is 5.94. The van der Waals surface area contributed by atoms with Gasteiger partial charge in [0, 0.05) is 18.3 Å². The Hall–Kier alpha value is -1.58. The van der Waals surface area contributed by atoms with E-state index >= 15 is 0 Å². The summed E-state index contributed by atoms with van der Waals surface area (Å²) in [5.74, 6) is -0.122. The lowest BCUT2D eigenvalue weighted by molar-refractivity contribution is 0.0745. The van der Waals surface area contributed by atoms with E-state index in [1.807, 2.05) is 18.7 Å². The van der Waals surface area contributed by atoms with Gasteiger partial charge in [0.15, 0.2) is 0 Å². The summed E-state index contributed by atoms with van der Waals surface area (Å²) in [6.07, 6.45) is 3.94. The van der Waals surface area contributed by atoms with Gasteiger partial charge in [0.2, 0.25) is 0 Å². The molecule has 0 bridgehead atoms. The van der Waals surface area contributed by atoms with E-state index in [1.165, 1.54) is 0 Å². The van der Waals surface area contributed by atoms with E-state index in [4.69, 9.17) is 0 Å². The predicted molar refractivity (Wildman–Crippen MR) is 75.5 cm³/mol. The molecule has 2 rings (SSSR count). The molecular weight excluding hydrogens is 240 g/mol. The summed E-state index contributed by atoms with van der Waals surface area (Å²) in [4.78, 5) is 29.1. The summed E-state index contributed by atoms with van der Waals surface area (Å²) < 4.78 is 0. The normalized spacial score (nSPS) is 18.9. The molecule has 1 aliphatic rings. The highest BCUT2D eigenvalue weighted by Crippen LogP contribution is 2.19. The maximum Gasteiger partial charge on any atom is 0.261 e. The maximum atomic E-state index is 12.5. The van der Waals surface area contributed by atoms with Gasteiger partial charge in [-0.3, -0.25) is 9.59 Å². The summed E-state index contributed by atoms with van der Waals surface area (Å²) in [6.45, 7) is 6.78. The first kappa shape index (κ1) is 13.8. The van der Waals surface area contributed by atoms with Crippen LogP contribution in [-0.4, -0.2) is 28.4 Å². The molecule has 1 atom stereocenters. The summed E-state index contributed by atoms with van der Waals surface area (Å²) in [5.41, 5.74) is 1.97. The van der Waals surface area contributed by atoms with Crippen LogP contribution >= 0.6 is 0 Å². The standard InChI is InChI=1S/C15H22N2O2/c1-4-6-12-9-13(14(18)16-11(12)3)15(19)17-8-5-7-10(17)2/h9-10H,4-8H2,1-3H3,(H,16,18)/t10-/m0/s1. The number of pyridine rings is 1. The Balaban J connectivity index is 2.36. The zero-order chi connectivity index (χ0) is 14.0. The van der Waals surface area contributed by atoms with E-state index in [9.17, 15) is 9.59 Å². The number of hydrogen-bond acceptors (Lipinski definition) is 2. The van der Waals surface area contributed by atoms with Crippen LogP contribution in [-0.2, 0) is 6.42 Å². The van der Waals surface area contributed by atoms with Crippen molar-refractivity contribution >= 4 is 5.91 Å². The molecule has 1 fully saturated rings. The van der Waals surface area contributed by atoms with E-state index in [-0.39, 0.29) is 17.5 Å². The highest BCUT2D eigenvalue weighted by atomic mass is 16.2. The van der Waals surface area contributed by atoms with Gasteiger partial charge in [0.05, 0.1) is 0 Å². The van der Waals surface area contributed by atoms with Crippen LogP contribution in [0.15, 0.2) is 10.9 Å². The van der Waals surface area contributed by atoms with Gasteiger partial charge >= 0.3 is 0 Å². The lowest BCUT2D eigenvalue weighted by Gasteiger charge is -2.21. The fourth-order valence-corrected chi connectivity index (χ4v) is 2.74. The largest absolute Gasteiger partial charge is 0.336 e. The molecule has 0 unspecified atom stereocenters. The van der Waals surface area contributed by atoms with Crippen molar-refractivity contribution in [3.05, 3.63) is 33.2 Å². The zero-order valence-electron chi connectivity index (χ0n) is 12.0. The third-order valence-electron chi connectivity index (χ3n) is 3.91. The van der Waals surface area contributed by atoms with E-state index < -0.39 is 0 Å². The fourth-order valence-electron chi connectivity index (χ4n) is 2.74. The third-order valence-corrected chi connectivity index (χ3v) is 3.91. The molecule has 1 aliphatic heterocycles. The van der Waals surface area contributed by atoms with Crippen LogP contribution in [0.3, 0.4) is 0 Å². The lowest BCUT2D eigenvalue weighted by Crippen LogP contribution is -2.37. The van der Waals surface area contributed by atoms with Crippen LogP contribution in [0.1, 0.15) is 54.7 Å². The molecule has 1 N–H and O–H groups in total. The third kappa shape index (κ3) is 2.72. The van der Waals surface area contributed by atoms with Crippen molar-refractivity contribution in [3.63, 3.8) is 0 Å². The molecule has 2 heterocycles. The number of rotatable bonds is 3. The molecule has 0 spiro atoms. The lowest BCUT2D eigenvalue weighted by atomic mass is 10.1. The molecule has 0 aromatic carbocycles. The molecular formula is C15H22N2O2. The summed E-state index contributed by atoms with van der Waals surface area (Å²) >= 11 is 0. The second-order valence-electron chi connectivity index (χ2n) is 5.40. The van der Waals surface area contributed by atoms with Crippen molar-refractivity contribution in [2.75, 3.05) is 6.54 Å². The van der Waals surface area contributed by atoms with Gasteiger partial charge in [-0.05, 0) is 44.7 Å².